The highest BCUT2D eigenvalue weighted by Crippen LogP contribution is 2.31. The lowest BCUT2D eigenvalue weighted by Gasteiger charge is -1.94. The quantitative estimate of drug-likeness (QED) is 0.806. The van der Waals surface area contributed by atoms with Crippen molar-refractivity contribution in [1.29, 1.82) is 5.26 Å². The summed E-state index contributed by atoms with van der Waals surface area (Å²) in [4.78, 5) is 5.41. The van der Waals surface area contributed by atoms with E-state index in [-0.39, 0.29) is 0 Å². The third-order valence-electron chi connectivity index (χ3n) is 2.23. The standard InChI is InChI=1S/C10H8BrN3S/c1-6-13-10(8(4-12)14(6)2)9-3-7(11)5-15-9/h3,5H,1-2H3. The molecule has 0 aliphatic rings. The molecule has 0 N–H and O–H groups in total. The van der Waals surface area contributed by atoms with Gasteiger partial charge in [-0.1, -0.05) is 0 Å². The number of imidazole rings is 1. The van der Waals surface area contributed by atoms with Crippen LogP contribution in [-0.4, -0.2) is 9.55 Å². The van der Waals surface area contributed by atoms with Crippen molar-refractivity contribution in [1.82, 2.24) is 9.55 Å². The van der Waals surface area contributed by atoms with Gasteiger partial charge in [0.25, 0.3) is 0 Å². The highest BCUT2D eigenvalue weighted by atomic mass is 79.9. The van der Waals surface area contributed by atoms with Gasteiger partial charge >= 0.3 is 0 Å². The zero-order chi connectivity index (χ0) is 11.0. The Labute approximate surface area is 100 Å². The van der Waals surface area contributed by atoms with Gasteiger partial charge in [-0.25, -0.2) is 4.98 Å². The zero-order valence-electron chi connectivity index (χ0n) is 8.28. The van der Waals surface area contributed by atoms with Crippen LogP contribution in [0.4, 0.5) is 0 Å². The predicted molar refractivity (Wildman–Crippen MR) is 63.7 cm³/mol. The van der Waals surface area contributed by atoms with Gasteiger partial charge in [0.2, 0.25) is 0 Å². The molecule has 76 valence electrons. The van der Waals surface area contributed by atoms with Crippen LogP contribution in [0.5, 0.6) is 0 Å². The van der Waals surface area contributed by atoms with Crippen molar-refractivity contribution < 1.29 is 0 Å². The van der Waals surface area contributed by atoms with Crippen LogP contribution in [0, 0.1) is 18.3 Å². The fourth-order valence-electron chi connectivity index (χ4n) is 1.35. The second-order valence-corrected chi connectivity index (χ2v) is 4.98. The molecule has 2 heterocycles. The molecular formula is C10H8BrN3S. The normalized spacial score (nSPS) is 10.3. The summed E-state index contributed by atoms with van der Waals surface area (Å²) in [6.45, 7) is 1.90. The Kier molecular flexibility index (Phi) is 2.63. The van der Waals surface area contributed by atoms with Crippen LogP contribution < -0.4 is 0 Å². The van der Waals surface area contributed by atoms with E-state index in [1.165, 1.54) is 0 Å². The van der Waals surface area contributed by atoms with Gasteiger partial charge in [0.1, 0.15) is 23.3 Å². The Balaban J connectivity index is 2.64. The fourth-order valence-corrected chi connectivity index (χ4v) is 2.76. The van der Waals surface area contributed by atoms with Gasteiger partial charge in [-0.15, -0.1) is 11.3 Å². The molecule has 0 atom stereocenters. The number of thiophene rings is 1. The summed E-state index contributed by atoms with van der Waals surface area (Å²) >= 11 is 4.97. The summed E-state index contributed by atoms with van der Waals surface area (Å²) < 4.78 is 2.83. The zero-order valence-corrected chi connectivity index (χ0v) is 10.7. The molecule has 0 amide bonds. The molecule has 0 aliphatic heterocycles. The summed E-state index contributed by atoms with van der Waals surface area (Å²) in [5.41, 5.74) is 1.38. The van der Waals surface area contributed by atoms with Crippen molar-refractivity contribution >= 4 is 27.3 Å². The maximum atomic E-state index is 9.06. The SMILES string of the molecule is Cc1nc(-c2cc(Br)cs2)c(C#N)n1C. The number of aromatic nitrogens is 2. The first-order chi connectivity index (χ1) is 7.13. The molecule has 2 aromatic heterocycles. The van der Waals surface area contributed by atoms with Crippen molar-refractivity contribution in [2.45, 2.75) is 6.92 Å². The molecule has 2 rings (SSSR count). The molecule has 0 spiro atoms. The molecule has 0 aliphatic carbocycles. The van der Waals surface area contributed by atoms with E-state index in [1.807, 2.05) is 30.0 Å². The second-order valence-electron chi connectivity index (χ2n) is 3.16. The van der Waals surface area contributed by atoms with Crippen molar-refractivity contribution in [3.63, 3.8) is 0 Å². The highest BCUT2D eigenvalue weighted by Gasteiger charge is 2.14. The molecule has 15 heavy (non-hydrogen) atoms. The molecule has 0 bridgehead atoms. The molecule has 0 saturated heterocycles. The summed E-state index contributed by atoms with van der Waals surface area (Å²) in [6, 6.07) is 4.16. The molecule has 0 saturated carbocycles. The van der Waals surface area contributed by atoms with Gasteiger partial charge in [0, 0.05) is 16.9 Å². The molecular weight excluding hydrogens is 274 g/mol. The molecule has 0 radical (unpaired) electrons. The summed E-state index contributed by atoms with van der Waals surface area (Å²) in [7, 11) is 1.85. The van der Waals surface area contributed by atoms with Crippen molar-refractivity contribution in [2.24, 2.45) is 7.05 Å². The van der Waals surface area contributed by atoms with E-state index in [0.717, 1.165) is 20.9 Å². The number of rotatable bonds is 1. The fraction of sp³-hybridized carbons (Fsp3) is 0.200. The van der Waals surface area contributed by atoms with Gasteiger partial charge in [0.05, 0.1) is 4.88 Å². The third kappa shape index (κ3) is 1.71. The molecule has 3 nitrogen and oxygen atoms in total. The minimum atomic E-state index is 0.613. The Bertz CT molecular complexity index is 548. The molecule has 5 heteroatoms. The summed E-state index contributed by atoms with van der Waals surface area (Å²) in [5.74, 6) is 0.853. The van der Waals surface area contributed by atoms with E-state index in [2.05, 4.69) is 27.0 Å². The molecule has 0 aromatic carbocycles. The highest BCUT2D eigenvalue weighted by molar-refractivity contribution is 9.10. The minimum absolute atomic E-state index is 0.613. The van der Waals surface area contributed by atoms with Crippen molar-refractivity contribution in [3.05, 3.63) is 27.4 Å². The van der Waals surface area contributed by atoms with Crippen LogP contribution in [-0.2, 0) is 7.05 Å². The Morgan fingerprint density at radius 2 is 2.33 bits per heavy atom. The molecule has 0 fully saturated rings. The van der Waals surface area contributed by atoms with Gasteiger partial charge in [-0.3, -0.25) is 0 Å². The Morgan fingerprint density at radius 1 is 1.60 bits per heavy atom. The van der Waals surface area contributed by atoms with E-state index in [0.29, 0.717) is 5.69 Å². The second kappa shape index (κ2) is 3.80. The first-order valence-electron chi connectivity index (χ1n) is 4.31. The average Bonchev–Trinajstić information content (AvgIpc) is 2.73. The lowest BCUT2D eigenvalue weighted by Crippen LogP contribution is -1.94. The van der Waals surface area contributed by atoms with Crippen LogP contribution >= 0.6 is 27.3 Å². The molecule has 0 unspecified atom stereocenters. The smallest absolute Gasteiger partial charge is 0.148 e. The van der Waals surface area contributed by atoms with E-state index >= 15 is 0 Å². The first-order valence-corrected chi connectivity index (χ1v) is 5.98. The predicted octanol–water partition coefficient (Wildman–Crippen LogP) is 3.09. The van der Waals surface area contributed by atoms with Gasteiger partial charge in [-0.2, -0.15) is 5.26 Å². The lowest BCUT2D eigenvalue weighted by molar-refractivity contribution is 0.845. The number of nitrogens with zero attached hydrogens (tertiary/aromatic N) is 3. The maximum absolute atomic E-state index is 9.06. The van der Waals surface area contributed by atoms with Crippen LogP contribution in [0.2, 0.25) is 0 Å². The van der Waals surface area contributed by atoms with E-state index in [1.54, 1.807) is 11.3 Å². The maximum Gasteiger partial charge on any atom is 0.148 e. The number of halogens is 1. The van der Waals surface area contributed by atoms with Crippen molar-refractivity contribution in [3.8, 4) is 16.6 Å². The number of hydrogen-bond donors (Lipinski definition) is 0. The molecule has 2 aromatic rings. The van der Waals surface area contributed by atoms with Crippen LogP contribution in [0.15, 0.2) is 15.9 Å². The van der Waals surface area contributed by atoms with Crippen molar-refractivity contribution in [2.75, 3.05) is 0 Å². The van der Waals surface area contributed by atoms with E-state index in [9.17, 15) is 0 Å². The van der Waals surface area contributed by atoms with E-state index < -0.39 is 0 Å². The lowest BCUT2D eigenvalue weighted by atomic mass is 10.3. The summed E-state index contributed by atoms with van der Waals surface area (Å²) in [6.07, 6.45) is 0. The average molecular weight is 282 g/mol. The van der Waals surface area contributed by atoms with Crippen LogP contribution in [0.1, 0.15) is 11.5 Å². The third-order valence-corrected chi connectivity index (χ3v) is 3.92. The Hall–Kier alpha value is -1.12. The largest absolute Gasteiger partial charge is 0.323 e. The Morgan fingerprint density at radius 3 is 2.87 bits per heavy atom. The topological polar surface area (TPSA) is 41.6 Å². The van der Waals surface area contributed by atoms with Gasteiger partial charge < -0.3 is 4.57 Å². The summed E-state index contributed by atoms with van der Waals surface area (Å²) in [5, 5.41) is 11.0. The minimum Gasteiger partial charge on any atom is -0.323 e. The van der Waals surface area contributed by atoms with E-state index in [4.69, 9.17) is 5.26 Å². The van der Waals surface area contributed by atoms with Gasteiger partial charge in [-0.05, 0) is 28.9 Å². The first kappa shape index (κ1) is 10.4. The van der Waals surface area contributed by atoms with Crippen LogP contribution in [0.25, 0.3) is 10.6 Å². The number of nitriles is 1. The van der Waals surface area contributed by atoms with Gasteiger partial charge in [0.15, 0.2) is 0 Å². The van der Waals surface area contributed by atoms with Crippen LogP contribution in [0.3, 0.4) is 0 Å². The number of aryl methyl sites for hydroxylation is 1. The number of hydrogen-bond acceptors (Lipinski definition) is 3. The monoisotopic (exact) mass is 281 g/mol.